The van der Waals surface area contributed by atoms with Gasteiger partial charge in [-0.3, -0.25) is 4.18 Å². The molecule has 3 aliphatic carbocycles. The molecule has 2 bridgehead atoms. The predicted molar refractivity (Wildman–Crippen MR) is 83.9 cm³/mol. The van der Waals surface area contributed by atoms with Crippen LogP contribution in [-0.4, -0.2) is 25.2 Å². The van der Waals surface area contributed by atoms with Crippen molar-refractivity contribution < 1.29 is 17.7 Å². The number of rotatable bonds is 3. The first kappa shape index (κ1) is 16.0. The number of fused-ring (bicyclic) bond motifs is 2. The van der Waals surface area contributed by atoms with Gasteiger partial charge in [0.25, 0.3) is 10.1 Å². The molecule has 22 heavy (non-hydrogen) atoms. The summed E-state index contributed by atoms with van der Waals surface area (Å²) in [5, 5.41) is 10.8. The lowest BCUT2D eigenvalue weighted by Gasteiger charge is -2.64. The summed E-state index contributed by atoms with van der Waals surface area (Å²) < 4.78 is 30.3. The van der Waals surface area contributed by atoms with Crippen molar-refractivity contribution in [3.8, 4) is 0 Å². The van der Waals surface area contributed by atoms with Gasteiger partial charge in [-0.1, -0.05) is 31.5 Å². The molecule has 0 heterocycles. The Morgan fingerprint density at radius 2 is 1.73 bits per heavy atom. The van der Waals surface area contributed by atoms with Gasteiger partial charge < -0.3 is 5.11 Å². The Kier molecular flexibility index (Phi) is 3.48. The van der Waals surface area contributed by atoms with Gasteiger partial charge in [0.2, 0.25) is 0 Å². The lowest BCUT2D eigenvalue weighted by molar-refractivity contribution is -0.237. The van der Waals surface area contributed by atoms with Gasteiger partial charge in [-0.05, 0) is 56.1 Å². The van der Waals surface area contributed by atoms with Crippen LogP contribution in [0.3, 0.4) is 0 Å². The van der Waals surface area contributed by atoms with Gasteiger partial charge in [0.05, 0.1) is 10.5 Å². The van der Waals surface area contributed by atoms with Crippen LogP contribution in [0.5, 0.6) is 0 Å². The Bertz CT molecular complexity index is 673. The molecule has 0 saturated heterocycles. The van der Waals surface area contributed by atoms with Crippen LogP contribution in [0.4, 0.5) is 0 Å². The highest BCUT2D eigenvalue weighted by atomic mass is 32.2. The highest BCUT2D eigenvalue weighted by Crippen LogP contribution is 2.63. The summed E-state index contributed by atoms with van der Waals surface area (Å²) in [5.74, 6) is 0.493. The molecule has 4 rings (SSSR count). The summed E-state index contributed by atoms with van der Waals surface area (Å²) in [5.41, 5.74) is -0.0703. The fourth-order valence-electron chi connectivity index (χ4n) is 4.18. The van der Waals surface area contributed by atoms with E-state index in [1.165, 1.54) is 0 Å². The van der Waals surface area contributed by atoms with E-state index >= 15 is 0 Å². The van der Waals surface area contributed by atoms with Crippen LogP contribution in [0.1, 0.15) is 39.2 Å². The number of aliphatic hydroxyl groups is 1. The second-order valence-electron chi connectivity index (χ2n) is 7.62. The highest BCUT2D eigenvalue weighted by molar-refractivity contribution is 7.86. The molecule has 3 fully saturated rings. The zero-order valence-electron chi connectivity index (χ0n) is 13.5. The minimum Gasteiger partial charge on any atom is -0.387 e. The van der Waals surface area contributed by atoms with Gasteiger partial charge >= 0.3 is 0 Å². The van der Waals surface area contributed by atoms with Gasteiger partial charge in [0.15, 0.2) is 0 Å². The third kappa shape index (κ3) is 2.30. The smallest absolute Gasteiger partial charge is 0.297 e. The first-order chi connectivity index (χ1) is 10.0. The van der Waals surface area contributed by atoms with Gasteiger partial charge in [-0.25, -0.2) is 0 Å². The topological polar surface area (TPSA) is 63.6 Å². The average molecular weight is 324 g/mol. The van der Waals surface area contributed by atoms with Crippen molar-refractivity contribution in [3.63, 3.8) is 0 Å². The van der Waals surface area contributed by atoms with Crippen molar-refractivity contribution in [2.75, 3.05) is 0 Å². The van der Waals surface area contributed by atoms with Gasteiger partial charge in [0.1, 0.15) is 6.10 Å². The minimum absolute atomic E-state index is 0.0526. The standard InChI is InChI=1S/C17H24O4S/c1-11-5-7-13(8-6-11)22(19,20)21-15-10-12-9-14(16(12,2)3)17(15,4)18/h5-8,12,14-15,18H,9-10H2,1-4H3/t12-,14-,15?,17?/m1/s1. The molecule has 1 N–H and O–H groups in total. The molecule has 1 aromatic carbocycles. The second-order valence-corrected chi connectivity index (χ2v) is 9.19. The summed E-state index contributed by atoms with van der Waals surface area (Å²) in [7, 11) is -3.85. The molecular weight excluding hydrogens is 300 g/mol. The lowest BCUT2D eigenvalue weighted by Crippen LogP contribution is -2.67. The molecule has 4 nitrogen and oxygen atoms in total. The summed E-state index contributed by atoms with van der Waals surface area (Å²) in [6, 6.07) is 6.59. The van der Waals surface area contributed by atoms with E-state index in [-0.39, 0.29) is 16.2 Å². The Hall–Kier alpha value is -0.910. The van der Waals surface area contributed by atoms with E-state index in [4.69, 9.17) is 4.18 Å². The fourth-order valence-corrected chi connectivity index (χ4v) is 5.34. The molecule has 2 unspecified atom stereocenters. The maximum Gasteiger partial charge on any atom is 0.297 e. The van der Waals surface area contributed by atoms with Gasteiger partial charge in [-0.2, -0.15) is 8.42 Å². The maximum atomic E-state index is 12.4. The molecule has 3 aliphatic rings. The van der Waals surface area contributed by atoms with Gasteiger partial charge in [-0.15, -0.1) is 0 Å². The monoisotopic (exact) mass is 324 g/mol. The van der Waals surface area contributed by atoms with E-state index in [9.17, 15) is 13.5 Å². The van der Waals surface area contributed by atoms with E-state index in [2.05, 4.69) is 13.8 Å². The molecule has 0 aromatic heterocycles. The van der Waals surface area contributed by atoms with Crippen molar-refractivity contribution in [3.05, 3.63) is 29.8 Å². The number of hydrogen-bond acceptors (Lipinski definition) is 4. The summed E-state index contributed by atoms with van der Waals surface area (Å²) in [6.07, 6.45) is 0.863. The molecule has 0 radical (unpaired) electrons. The van der Waals surface area contributed by atoms with E-state index in [1.807, 2.05) is 6.92 Å². The van der Waals surface area contributed by atoms with E-state index in [1.54, 1.807) is 31.2 Å². The van der Waals surface area contributed by atoms with Crippen LogP contribution < -0.4 is 0 Å². The largest absolute Gasteiger partial charge is 0.387 e. The van der Waals surface area contributed by atoms with Crippen LogP contribution in [0.15, 0.2) is 29.2 Å². The Labute approximate surface area is 132 Å². The highest BCUT2D eigenvalue weighted by Gasteiger charge is 2.64. The Morgan fingerprint density at radius 1 is 1.14 bits per heavy atom. The van der Waals surface area contributed by atoms with Crippen LogP contribution in [0.2, 0.25) is 0 Å². The molecule has 0 aliphatic heterocycles. The quantitative estimate of drug-likeness (QED) is 0.868. The fraction of sp³-hybridized carbons (Fsp3) is 0.647. The third-order valence-corrected chi connectivity index (χ3v) is 7.21. The van der Waals surface area contributed by atoms with Crippen LogP contribution in [0.25, 0.3) is 0 Å². The Morgan fingerprint density at radius 3 is 2.23 bits per heavy atom. The minimum atomic E-state index is -3.85. The zero-order chi connectivity index (χ0) is 16.3. The normalized spacial score (nSPS) is 36.7. The summed E-state index contributed by atoms with van der Waals surface area (Å²) in [6.45, 7) is 7.90. The number of benzene rings is 1. The third-order valence-electron chi connectivity index (χ3n) is 5.88. The van der Waals surface area contributed by atoms with Crippen molar-refractivity contribution in [2.45, 2.75) is 57.1 Å². The number of hydrogen-bond donors (Lipinski definition) is 1. The summed E-state index contributed by atoms with van der Waals surface area (Å²) in [4.78, 5) is 0.146. The molecule has 4 atom stereocenters. The van der Waals surface area contributed by atoms with E-state index in [0.717, 1.165) is 12.0 Å². The Balaban J connectivity index is 1.83. The number of aryl methyl sites for hydroxylation is 1. The van der Waals surface area contributed by atoms with Crippen molar-refractivity contribution in [1.82, 2.24) is 0 Å². The van der Waals surface area contributed by atoms with Crippen molar-refractivity contribution >= 4 is 10.1 Å². The first-order valence-electron chi connectivity index (χ1n) is 7.77. The predicted octanol–water partition coefficient (Wildman–Crippen LogP) is 2.89. The van der Waals surface area contributed by atoms with Crippen LogP contribution in [0, 0.1) is 24.2 Å². The zero-order valence-corrected chi connectivity index (χ0v) is 14.4. The van der Waals surface area contributed by atoms with Crippen molar-refractivity contribution in [2.24, 2.45) is 17.3 Å². The molecule has 0 amide bonds. The molecule has 5 heteroatoms. The van der Waals surface area contributed by atoms with Crippen LogP contribution >= 0.6 is 0 Å². The lowest BCUT2D eigenvalue weighted by atomic mass is 9.43. The molecule has 0 spiro atoms. The van der Waals surface area contributed by atoms with Crippen molar-refractivity contribution in [1.29, 1.82) is 0 Å². The van der Waals surface area contributed by atoms with E-state index < -0.39 is 21.8 Å². The summed E-state index contributed by atoms with van der Waals surface area (Å²) >= 11 is 0. The molecule has 122 valence electrons. The SMILES string of the molecule is Cc1ccc(S(=O)(=O)OC2C[C@H]3C[C@@H](C2(C)O)C3(C)C)cc1. The molecule has 3 saturated carbocycles. The maximum absolute atomic E-state index is 12.4. The molecular formula is C17H24O4S. The van der Waals surface area contributed by atoms with Crippen LogP contribution in [-0.2, 0) is 14.3 Å². The van der Waals surface area contributed by atoms with Gasteiger partial charge in [0, 0.05) is 0 Å². The van der Waals surface area contributed by atoms with E-state index in [0.29, 0.717) is 12.3 Å². The average Bonchev–Trinajstić information content (AvgIpc) is 2.40. The molecule has 1 aromatic rings. The second kappa shape index (κ2) is 4.79. The first-order valence-corrected chi connectivity index (χ1v) is 9.18.